The summed E-state index contributed by atoms with van der Waals surface area (Å²) in [5, 5.41) is 0.733. The summed E-state index contributed by atoms with van der Waals surface area (Å²) in [6.45, 7) is 3.11. The number of benzene rings is 2. The second-order valence-electron chi connectivity index (χ2n) is 6.79. The summed E-state index contributed by atoms with van der Waals surface area (Å²) in [5.74, 6) is 0.312. The Morgan fingerprint density at radius 1 is 1.04 bits per heavy atom. The Hall–Kier alpha value is -2.07. The lowest BCUT2D eigenvalue weighted by molar-refractivity contribution is -0.132. The van der Waals surface area contributed by atoms with Crippen LogP contribution in [0.4, 0.5) is 10.1 Å². The van der Waals surface area contributed by atoms with Gasteiger partial charge in [-0.2, -0.15) is 0 Å². The first-order valence-electron chi connectivity index (χ1n) is 8.66. The molecule has 0 bridgehead atoms. The molecule has 5 heteroatoms. The molecular weight excluding hydrogens is 339 g/mol. The van der Waals surface area contributed by atoms with Crippen molar-refractivity contribution in [1.29, 1.82) is 0 Å². The third kappa shape index (κ3) is 3.49. The predicted octanol–water partition coefficient (Wildman–Crippen LogP) is 3.93. The molecule has 1 heterocycles. The van der Waals surface area contributed by atoms with Crippen LogP contribution in [0.3, 0.4) is 0 Å². The molecule has 2 atom stereocenters. The molecule has 0 aromatic heterocycles. The van der Waals surface area contributed by atoms with E-state index in [0.29, 0.717) is 0 Å². The molecule has 130 valence electrons. The van der Waals surface area contributed by atoms with Crippen molar-refractivity contribution in [2.75, 3.05) is 31.1 Å². The number of halogens is 2. The standard InChI is InChI=1S/C20H20ClFN2O/c21-15-2-1-3-17(12-15)23-8-10-24(11-9-23)20(25)19-13-18(19)14-4-6-16(22)7-5-14/h1-7,12,18-19H,8-11,13H2. The van der Waals surface area contributed by atoms with Crippen molar-refractivity contribution in [3.05, 3.63) is 64.9 Å². The minimum atomic E-state index is -0.232. The minimum Gasteiger partial charge on any atom is -0.368 e. The van der Waals surface area contributed by atoms with Crippen LogP contribution < -0.4 is 4.90 Å². The van der Waals surface area contributed by atoms with E-state index < -0.39 is 0 Å². The van der Waals surface area contributed by atoms with E-state index in [1.807, 2.05) is 23.1 Å². The molecule has 0 spiro atoms. The van der Waals surface area contributed by atoms with Crippen LogP contribution in [-0.2, 0) is 4.79 Å². The van der Waals surface area contributed by atoms with Crippen LogP contribution in [0, 0.1) is 11.7 Å². The van der Waals surface area contributed by atoms with E-state index in [9.17, 15) is 9.18 Å². The second kappa shape index (κ2) is 6.68. The largest absolute Gasteiger partial charge is 0.368 e. The fraction of sp³-hybridized carbons (Fsp3) is 0.350. The van der Waals surface area contributed by atoms with Crippen molar-refractivity contribution in [1.82, 2.24) is 4.90 Å². The van der Waals surface area contributed by atoms with Crippen molar-refractivity contribution >= 4 is 23.2 Å². The highest BCUT2D eigenvalue weighted by molar-refractivity contribution is 6.30. The molecule has 1 aliphatic carbocycles. The number of rotatable bonds is 3. The molecule has 1 aliphatic heterocycles. The zero-order valence-corrected chi connectivity index (χ0v) is 14.6. The van der Waals surface area contributed by atoms with Crippen molar-refractivity contribution in [3.8, 4) is 0 Å². The van der Waals surface area contributed by atoms with Gasteiger partial charge in [0.05, 0.1) is 0 Å². The van der Waals surface area contributed by atoms with Crippen LogP contribution in [-0.4, -0.2) is 37.0 Å². The number of amides is 1. The SMILES string of the molecule is O=C(C1CC1c1ccc(F)cc1)N1CCN(c2cccc(Cl)c2)CC1. The molecule has 2 unspecified atom stereocenters. The summed E-state index contributed by atoms with van der Waals surface area (Å²) in [6.07, 6.45) is 0.874. The lowest BCUT2D eigenvalue weighted by Gasteiger charge is -2.36. The van der Waals surface area contributed by atoms with E-state index in [0.717, 1.165) is 48.9 Å². The Morgan fingerprint density at radius 2 is 1.76 bits per heavy atom. The average molecular weight is 359 g/mol. The van der Waals surface area contributed by atoms with Crippen LogP contribution in [0.5, 0.6) is 0 Å². The third-order valence-electron chi connectivity index (χ3n) is 5.17. The molecule has 3 nitrogen and oxygen atoms in total. The zero-order chi connectivity index (χ0) is 17.4. The van der Waals surface area contributed by atoms with E-state index in [2.05, 4.69) is 11.0 Å². The van der Waals surface area contributed by atoms with E-state index >= 15 is 0 Å². The van der Waals surface area contributed by atoms with Crippen molar-refractivity contribution in [2.45, 2.75) is 12.3 Å². The van der Waals surface area contributed by atoms with Gasteiger partial charge < -0.3 is 9.80 Å². The summed E-state index contributed by atoms with van der Waals surface area (Å²) in [6, 6.07) is 14.4. The fourth-order valence-corrected chi connectivity index (χ4v) is 3.82. The summed E-state index contributed by atoms with van der Waals surface area (Å²) < 4.78 is 13.0. The smallest absolute Gasteiger partial charge is 0.226 e. The number of nitrogens with zero attached hydrogens (tertiary/aromatic N) is 2. The number of carbonyl (C=O) groups is 1. The van der Waals surface area contributed by atoms with Gasteiger partial charge in [0.25, 0.3) is 0 Å². The Morgan fingerprint density at radius 3 is 2.44 bits per heavy atom. The quantitative estimate of drug-likeness (QED) is 0.830. The van der Waals surface area contributed by atoms with Crippen LogP contribution in [0.1, 0.15) is 17.9 Å². The fourth-order valence-electron chi connectivity index (χ4n) is 3.64. The van der Waals surface area contributed by atoms with Gasteiger partial charge in [0.1, 0.15) is 5.82 Å². The van der Waals surface area contributed by atoms with Gasteiger partial charge in [0.2, 0.25) is 5.91 Å². The van der Waals surface area contributed by atoms with Crippen LogP contribution in [0.15, 0.2) is 48.5 Å². The number of hydrogen-bond donors (Lipinski definition) is 0. The molecule has 1 saturated heterocycles. The molecule has 2 aliphatic rings. The molecule has 1 saturated carbocycles. The third-order valence-corrected chi connectivity index (χ3v) is 5.41. The highest BCUT2D eigenvalue weighted by atomic mass is 35.5. The topological polar surface area (TPSA) is 23.6 Å². The van der Waals surface area contributed by atoms with E-state index in [-0.39, 0.29) is 23.6 Å². The van der Waals surface area contributed by atoms with E-state index in [1.165, 1.54) is 12.1 Å². The van der Waals surface area contributed by atoms with Gasteiger partial charge in [-0.3, -0.25) is 4.79 Å². The first kappa shape index (κ1) is 16.4. The first-order valence-corrected chi connectivity index (χ1v) is 9.04. The lowest BCUT2D eigenvalue weighted by atomic mass is 10.1. The molecule has 25 heavy (non-hydrogen) atoms. The van der Waals surface area contributed by atoms with Gasteiger partial charge in [0, 0.05) is 42.8 Å². The second-order valence-corrected chi connectivity index (χ2v) is 7.23. The monoisotopic (exact) mass is 358 g/mol. The molecule has 2 aromatic rings. The lowest BCUT2D eigenvalue weighted by Crippen LogP contribution is -2.49. The Balaban J connectivity index is 1.34. The Labute approximate surface area is 152 Å². The molecule has 2 fully saturated rings. The zero-order valence-electron chi connectivity index (χ0n) is 13.9. The molecule has 4 rings (SSSR count). The number of piperazine rings is 1. The predicted molar refractivity (Wildman–Crippen MR) is 97.5 cm³/mol. The number of anilines is 1. The molecule has 1 amide bonds. The molecule has 0 radical (unpaired) electrons. The maximum absolute atomic E-state index is 13.0. The maximum atomic E-state index is 13.0. The number of carbonyl (C=O) groups excluding carboxylic acids is 1. The first-order chi connectivity index (χ1) is 12.1. The molecule has 2 aromatic carbocycles. The van der Waals surface area contributed by atoms with E-state index in [4.69, 9.17) is 11.6 Å². The van der Waals surface area contributed by atoms with Crippen LogP contribution in [0.25, 0.3) is 0 Å². The van der Waals surface area contributed by atoms with Gasteiger partial charge in [-0.25, -0.2) is 4.39 Å². The summed E-state index contributed by atoms with van der Waals surface area (Å²) in [5.41, 5.74) is 2.17. The summed E-state index contributed by atoms with van der Waals surface area (Å²) >= 11 is 6.06. The maximum Gasteiger partial charge on any atom is 0.226 e. The van der Waals surface area contributed by atoms with Gasteiger partial charge in [0.15, 0.2) is 0 Å². The van der Waals surface area contributed by atoms with Crippen molar-refractivity contribution in [2.24, 2.45) is 5.92 Å². The molecule has 0 N–H and O–H groups in total. The van der Waals surface area contributed by atoms with Gasteiger partial charge >= 0.3 is 0 Å². The van der Waals surface area contributed by atoms with Crippen molar-refractivity contribution < 1.29 is 9.18 Å². The van der Waals surface area contributed by atoms with Crippen LogP contribution >= 0.6 is 11.6 Å². The molecular formula is C20H20ClFN2O. The van der Waals surface area contributed by atoms with Crippen LogP contribution in [0.2, 0.25) is 5.02 Å². The van der Waals surface area contributed by atoms with E-state index in [1.54, 1.807) is 12.1 Å². The van der Waals surface area contributed by atoms with Gasteiger partial charge in [-0.05, 0) is 48.2 Å². The normalized spacial score (nSPS) is 22.8. The summed E-state index contributed by atoms with van der Waals surface area (Å²) in [7, 11) is 0. The Kier molecular flexibility index (Phi) is 4.38. The van der Waals surface area contributed by atoms with Gasteiger partial charge in [-0.1, -0.05) is 29.8 Å². The number of hydrogen-bond acceptors (Lipinski definition) is 2. The minimum absolute atomic E-state index is 0.0585. The Bertz CT molecular complexity index is 772. The summed E-state index contributed by atoms with van der Waals surface area (Å²) in [4.78, 5) is 17.0. The van der Waals surface area contributed by atoms with Gasteiger partial charge in [-0.15, -0.1) is 0 Å². The highest BCUT2D eigenvalue weighted by Gasteiger charge is 2.46. The average Bonchev–Trinajstić information content (AvgIpc) is 3.43. The highest BCUT2D eigenvalue weighted by Crippen LogP contribution is 2.48. The van der Waals surface area contributed by atoms with Crippen molar-refractivity contribution in [3.63, 3.8) is 0 Å².